The fourth-order valence-electron chi connectivity index (χ4n) is 2.99. The topological polar surface area (TPSA) is 41.7 Å². The van der Waals surface area contributed by atoms with Crippen molar-refractivity contribution in [2.75, 3.05) is 39.3 Å². The van der Waals surface area contributed by atoms with Gasteiger partial charge in [-0.2, -0.15) is 0 Å². The Labute approximate surface area is 127 Å². The van der Waals surface area contributed by atoms with E-state index in [9.17, 15) is 0 Å². The average Bonchev–Trinajstić information content (AvgIpc) is 3.38. The van der Waals surface area contributed by atoms with Crippen molar-refractivity contribution >= 4 is 0 Å². The van der Waals surface area contributed by atoms with Crippen molar-refractivity contribution < 1.29 is 4.74 Å². The molecule has 2 aliphatic rings. The van der Waals surface area contributed by atoms with Crippen molar-refractivity contribution in [2.24, 2.45) is 5.73 Å². The number of hydrogen-bond donors (Lipinski definition) is 1. The van der Waals surface area contributed by atoms with Gasteiger partial charge in [0, 0.05) is 45.3 Å². The first-order valence-corrected chi connectivity index (χ1v) is 8.23. The van der Waals surface area contributed by atoms with Crippen LogP contribution in [0.1, 0.15) is 24.8 Å². The van der Waals surface area contributed by atoms with Gasteiger partial charge >= 0.3 is 0 Å². The third kappa shape index (κ3) is 4.43. The van der Waals surface area contributed by atoms with E-state index in [1.54, 1.807) is 0 Å². The van der Waals surface area contributed by atoms with E-state index >= 15 is 0 Å². The highest BCUT2D eigenvalue weighted by atomic mass is 16.5. The van der Waals surface area contributed by atoms with Gasteiger partial charge in [-0.25, -0.2) is 0 Å². The Balaban J connectivity index is 1.29. The van der Waals surface area contributed by atoms with E-state index in [0.29, 0.717) is 6.54 Å². The quantitative estimate of drug-likeness (QED) is 0.776. The van der Waals surface area contributed by atoms with Crippen LogP contribution in [0.25, 0.3) is 0 Å². The predicted octanol–water partition coefficient (Wildman–Crippen LogP) is 1.69. The molecule has 0 bridgehead atoms. The number of ether oxygens (including phenoxy) is 1. The maximum Gasteiger partial charge on any atom is 0.119 e. The Morgan fingerprint density at radius 2 is 1.76 bits per heavy atom. The number of nitrogens with two attached hydrogens (primary N) is 1. The van der Waals surface area contributed by atoms with Crippen LogP contribution in [0, 0.1) is 0 Å². The summed E-state index contributed by atoms with van der Waals surface area (Å²) in [6.45, 7) is 7.50. The Morgan fingerprint density at radius 3 is 2.38 bits per heavy atom. The standard InChI is InChI=1S/C17H27N3O/c18-14-15-2-6-17(7-3-15)21-13-1-8-19-9-11-20(12-10-19)16-4-5-16/h2-3,6-7,16H,1,4-5,8-14,18H2. The van der Waals surface area contributed by atoms with Gasteiger partial charge in [0.05, 0.1) is 6.61 Å². The van der Waals surface area contributed by atoms with Crippen LogP contribution in [0.3, 0.4) is 0 Å². The van der Waals surface area contributed by atoms with Crippen molar-refractivity contribution in [2.45, 2.75) is 31.8 Å². The molecule has 3 rings (SSSR count). The predicted molar refractivity (Wildman–Crippen MR) is 85.5 cm³/mol. The van der Waals surface area contributed by atoms with Crippen molar-refractivity contribution in [1.82, 2.24) is 9.80 Å². The smallest absolute Gasteiger partial charge is 0.119 e. The minimum Gasteiger partial charge on any atom is -0.494 e. The van der Waals surface area contributed by atoms with Crippen LogP contribution in [-0.2, 0) is 6.54 Å². The number of nitrogens with zero attached hydrogens (tertiary/aromatic N) is 2. The second-order valence-corrected chi connectivity index (χ2v) is 6.16. The summed E-state index contributed by atoms with van der Waals surface area (Å²) < 4.78 is 5.79. The summed E-state index contributed by atoms with van der Waals surface area (Å²) in [5.41, 5.74) is 6.74. The molecule has 4 heteroatoms. The third-order valence-corrected chi connectivity index (χ3v) is 4.52. The van der Waals surface area contributed by atoms with Crippen molar-refractivity contribution in [3.05, 3.63) is 29.8 Å². The molecule has 2 fully saturated rings. The minimum atomic E-state index is 0.590. The molecule has 0 atom stereocenters. The maximum absolute atomic E-state index is 5.79. The van der Waals surface area contributed by atoms with Gasteiger partial charge in [0.15, 0.2) is 0 Å². The first kappa shape index (κ1) is 14.8. The molecule has 1 aliphatic carbocycles. The van der Waals surface area contributed by atoms with Crippen LogP contribution in [-0.4, -0.2) is 55.2 Å². The Bertz CT molecular complexity index is 422. The summed E-state index contributed by atoms with van der Waals surface area (Å²) >= 11 is 0. The molecule has 0 radical (unpaired) electrons. The van der Waals surface area contributed by atoms with E-state index in [2.05, 4.69) is 9.80 Å². The average molecular weight is 289 g/mol. The molecule has 0 unspecified atom stereocenters. The van der Waals surface area contributed by atoms with Gasteiger partial charge in [-0.15, -0.1) is 0 Å². The van der Waals surface area contributed by atoms with Crippen LogP contribution in [0.4, 0.5) is 0 Å². The molecule has 1 aromatic carbocycles. The van der Waals surface area contributed by atoms with E-state index in [4.69, 9.17) is 10.5 Å². The number of piperazine rings is 1. The van der Waals surface area contributed by atoms with Gasteiger partial charge in [-0.05, 0) is 37.0 Å². The number of benzene rings is 1. The number of rotatable bonds is 7. The molecular formula is C17H27N3O. The van der Waals surface area contributed by atoms with Gasteiger partial charge in [-0.3, -0.25) is 4.90 Å². The van der Waals surface area contributed by atoms with Crippen molar-refractivity contribution in [1.29, 1.82) is 0 Å². The number of hydrogen-bond acceptors (Lipinski definition) is 4. The van der Waals surface area contributed by atoms with E-state index in [1.807, 2.05) is 24.3 Å². The zero-order chi connectivity index (χ0) is 14.5. The molecular weight excluding hydrogens is 262 g/mol. The van der Waals surface area contributed by atoms with Crippen LogP contribution in [0.2, 0.25) is 0 Å². The highest BCUT2D eigenvalue weighted by Crippen LogP contribution is 2.27. The molecule has 4 nitrogen and oxygen atoms in total. The molecule has 0 amide bonds. The Hall–Kier alpha value is -1.10. The van der Waals surface area contributed by atoms with Gasteiger partial charge in [0.1, 0.15) is 5.75 Å². The lowest BCUT2D eigenvalue weighted by Gasteiger charge is -2.34. The highest BCUT2D eigenvalue weighted by Gasteiger charge is 2.30. The first-order valence-electron chi connectivity index (χ1n) is 8.23. The van der Waals surface area contributed by atoms with Crippen LogP contribution in [0.15, 0.2) is 24.3 Å². The zero-order valence-electron chi connectivity index (χ0n) is 12.8. The van der Waals surface area contributed by atoms with Gasteiger partial charge in [0.25, 0.3) is 0 Å². The van der Waals surface area contributed by atoms with E-state index in [-0.39, 0.29) is 0 Å². The summed E-state index contributed by atoms with van der Waals surface area (Å²) in [5, 5.41) is 0. The molecule has 1 aliphatic heterocycles. The van der Waals surface area contributed by atoms with Gasteiger partial charge in [0.2, 0.25) is 0 Å². The lowest BCUT2D eigenvalue weighted by atomic mass is 10.2. The van der Waals surface area contributed by atoms with Gasteiger partial charge in [-0.1, -0.05) is 12.1 Å². The van der Waals surface area contributed by atoms with Crippen LogP contribution < -0.4 is 10.5 Å². The minimum absolute atomic E-state index is 0.590. The zero-order valence-corrected chi connectivity index (χ0v) is 12.8. The Morgan fingerprint density at radius 1 is 1.05 bits per heavy atom. The summed E-state index contributed by atoms with van der Waals surface area (Å²) in [4.78, 5) is 5.23. The fourth-order valence-corrected chi connectivity index (χ4v) is 2.99. The molecule has 0 aromatic heterocycles. The summed E-state index contributed by atoms with van der Waals surface area (Å²) in [7, 11) is 0. The molecule has 0 spiro atoms. The molecule has 1 saturated heterocycles. The normalized spacial score (nSPS) is 20.6. The molecule has 116 valence electrons. The molecule has 21 heavy (non-hydrogen) atoms. The molecule has 2 N–H and O–H groups in total. The lowest BCUT2D eigenvalue weighted by Crippen LogP contribution is -2.47. The molecule has 1 saturated carbocycles. The monoisotopic (exact) mass is 289 g/mol. The van der Waals surface area contributed by atoms with Gasteiger partial charge < -0.3 is 15.4 Å². The highest BCUT2D eigenvalue weighted by molar-refractivity contribution is 5.26. The lowest BCUT2D eigenvalue weighted by molar-refractivity contribution is 0.121. The van der Waals surface area contributed by atoms with Crippen LogP contribution in [0.5, 0.6) is 5.75 Å². The second kappa shape index (κ2) is 7.25. The maximum atomic E-state index is 5.79. The van der Waals surface area contributed by atoms with Crippen LogP contribution >= 0.6 is 0 Å². The second-order valence-electron chi connectivity index (χ2n) is 6.16. The van der Waals surface area contributed by atoms with E-state index in [1.165, 1.54) is 39.0 Å². The fraction of sp³-hybridized carbons (Fsp3) is 0.647. The Kier molecular flexibility index (Phi) is 5.12. The first-order chi connectivity index (χ1) is 10.3. The molecule has 1 heterocycles. The largest absolute Gasteiger partial charge is 0.494 e. The van der Waals surface area contributed by atoms with Crippen molar-refractivity contribution in [3.63, 3.8) is 0 Å². The molecule has 1 aromatic rings. The summed E-state index contributed by atoms with van der Waals surface area (Å²) in [5.74, 6) is 0.950. The van der Waals surface area contributed by atoms with E-state index in [0.717, 1.165) is 36.9 Å². The summed E-state index contributed by atoms with van der Waals surface area (Å²) in [6.07, 6.45) is 3.95. The van der Waals surface area contributed by atoms with Crippen molar-refractivity contribution in [3.8, 4) is 5.75 Å². The third-order valence-electron chi connectivity index (χ3n) is 4.52. The summed E-state index contributed by atoms with van der Waals surface area (Å²) in [6, 6.07) is 9.01. The SMILES string of the molecule is NCc1ccc(OCCCN2CCN(C3CC3)CC2)cc1. The van der Waals surface area contributed by atoms with E-state index < -0.39 is 0 Å².